The van der Waals surface area contributed by atoms with E-state index in [1.807, 2.05) is 30.6 Å². The average Bonchev–Trinajstić information content (AvgIpc) is 2.81. The summed E-state index contributed by atoms with van der Waals surface area (Å²) in [5.41, 5.74) is 11.0. The van der Waals surface area contributed by atoms with E-state index < -0.39 is 0 Å². The molecular weight excluding hydrogens is 244 g/mol. The SMILES string of the molecule is Cc1ncsc1CCOCc1ccccc1CN. The predicted octanol–water partition coefficient (Wildman–Crippen LogP) is 2.67. The first kappa shape index (κ1) is 13.2. The summed E-state index contributed by atoms with van der Waals surface area (Å²) in [4.78, 5) is 5.53. The van der Waals surface area contributed by atoms with E-state index in [0.29, 0.717) is 13.2 Å². The van der Waals surface area contributed by atoms with Crippen molar-refractivity contribution < 1.29 is 4.74 Å². The van der Waals surface area contributed by atoms with E-state index in [-0.39, 0.29) is 0 Å². The van der Waals surface area contributed by atoms with Gasteiger partial charge in [-0.3, -0.25) is 0 Å². The topological polar surface area (TPSA) is 48.1 Å². The lowest BCUT2D eigenvalue weighted by Gasteiger charge is -2.08. The Labute approximate surface area is 112 Å². The Morgan fingerprint density at radius 1 is 1.28 bits per heavy atom. The summed E-state index contributed by atoms with van der Waals surface area (Å²) in [6.45, 7) is 3.95. The molecule has 0 unspecified atom stereocenters. The van der Waals surface area contributed by atoms with Gasteiger partial charge in [0.25, 0.3) is 0 Å². The molecule has 0 fully saturated rings. The lowest BCUT2D eigenvalue weighted by molar-refractivity contribution is 0.123. The van der Waals surface area contributed by atoms with Gasteiger partial charge in [0, 0.05) is 17.8 Å². The maximum atomic E-state index is 5.71. The molecule has 0 saturated carbocycles. The highest BCUT2D eigenvalue weighted by Gasteiger charge is 2.03. The van der Waals surface area contributed by atoms with E-state index in [2.05, 4.69) is 11.1 Å². The van der Waals surface area contributed by atoms with Gasteiger partial charge < -0.3 is 10.5 Å². The fourth-order valence-electron chi connectivity index (χ4n) is 1.81. The first-order chi connectivity index (χ1) is 8.81. The molecule has 96 valence electrons. The Morgan fingerprint density at radius 3 is 2.72 bits per heavy atom. The highest BCUT2D eigenvalue weighted by molar-refractivity contribution is 7.09. The second-order valence-electron chi connectivity index (χ2n) is 4.14. The van der Waals surface area contributed by atoms with Gasteiger partial charge in [-0.05, 0) is 18.1 Å². The van der Waals surface area contributed by atoms with Crippen LogP contribution < -0.4 is 5.73 Å². The molecule has 0 aliphatic rings. The van der Waals surface area contributed by atoms with E-state index in [9.17, 15) is 0 Å². The monoisotopic (exact) mass is 262 g/mol. The number of nitrogens with two attached hydrogens (primary N) is 1. The molecule has 2 aromatic rings. The van der Waals surface area contributed by atoms with Crippen molar-refractivity contribution in [3.05, 3.63) is 51.5 Å². The Morgan fingerprint density at radius 2 is 2.06 bits per heavy atom. The fourth-order valence-corrected chi connectivity index (χ4v) is 2.57. The maximum absolute atomic E-state index is 5.71. The van der Waals surface area contributed by atoms with Crippen LogP contribution in [0.4, 0.5) is 0 Å². The molecule has 1 heterocycles. The van der Waals surface area contributed by atoms with Crippen molar-refractivity contribution in [1.29, 1.82) is 0 Å². The molecule has 1 aromatic carbocycles. The van der Waals surface area contributed by atoms with Gasteiger partial charge in [-0.1, -0.05) is 24.3 Å². The molecule has 0 radical (unpaired) electrons. The first-order valence-corrected chi connectivity index (χ1v) is 6.92. The third-order valence-corrected chi connectivity index (χ3v) is 3.91. The average molecular weight is 262 g/mol. The fraction of sp³-hybridized carbons (Fsp3) is 0.357. The molecule has 0 saturated heterocycles. The number of thiazole rings is 1. The van der Waals surface area contributed by atoms with E-state index in [1.54, 1.807) is 11.3 Å². The van der Waals surface area contributed by atoms with Crippen molar-refractivity contribution in [1.82, 2.24) is 4.98 Å². The molecule has 0 bridgehead atoms. The lowest BCUT2D eigenvalue weighted by Crippen LogP contribution is -2.04. The number of hydrogen-bond donors (Lipinski definition) is 1. The molecule has 0 aliphatic heterocycles. The summed E-state index contributed by atoms with van der Waals surface area (Å²) < 4.78 is 5.71. The highest BCUT2D eigenvalue weighted by atomic mass is 32.1. The van der Waals surface area contributed by atoms with Crippen LogP contribution in [0.3, 0.4) is 0 Å². The zero-order valence-electron chi connectivity index (χ0n) is 10.6. The van der Waals surface area contributed by atoms with E-state index in [4.69, 9.17) is 10.5 Å². The van der Waals surface area contributed by atoms with Crippen LogP contribution in [0, 0.1) is 6.92 Å². The van der Waals surface area contributed by atoms with Crippen LogP contribution in [-0.4, -0.2) is 11.6 Å². The zero-order chi connectivity index (χ0) is 12.8. The van der Waals surface area contributed by atoms with Crippen molar-refractivity contribution in [2.24, 2.45) is 5.73 Å². The molecule has 1 aromatic heterocycles. The van der Waals surface area contributed by atoms with Crippen molar-refractivity contribution in [3.63, 3.8) is 0 Å². The third-order valence-electron chi connectivity index (χ3n) is 2.91. The molecule has 2 N–H and O–H groups in total. The van der Waals surface area contributed by atoms with Crippen molar-refractivity contribution in [2.45, 2.75) is 26.5 Å². The van der Waals surface area contributed by atoms with Gasteiger partial charge in [-0.25, -0.2) is 4.98 Å². The minimum absolute atomic E-state index is 0.563. The first-order valence-electron chi connectivity index (χ1n) is 6.05. The Bertz CT molecular complexity index is 496. The normalized spacial score (nSPS) is 10.8. The number of benzene rings is 1. The van der Waals surface area contributed by atoms with Crippen LogP contribution in [0.2, 0.25) is 0 Å². The second kappa shape index (κ2) is 6.64. The quantitative estimate of drug-likeness (QED) is 0.814. The van der Waals surface area contributed by atoms with Crippen LogP contribution in [0.5, 0.6) is 0 Å². The van der Waals surface area contributed by atoms with E-state index >= 15 is 0 Å². The molecule has 18 heavy (non-hydrogen) atoms. The number of rotatable bonds is 6. The van der Waals surface area contributed by atoms with Gasteiger partial charge >= 0.3 is 0 Å². The van der Waals surface area contributed by atoms with Crippen LogP contribution in [0.1, 0.15) is 21.7 Å². The third kappa shape index (κ3) is 3.38. The minimum atomic E-state index is 0.563. The van der Waals surface area contributed by atoms with E-state index in [0.717, 1.165) is 24.3 Å². The number of aryl methyl sites for hydroxylation is 1. The Kier molecular flexibility index (Phi) is 4.87. The largest absolute Gasteiger partial charge is 0.376 e. The highest BCUT2D eigenvalue weighted by Crippen LogP contribution is 2.14. The standard InChI is InChI=1S/C14H18N2OS/c1-11-14(18-10-16-11)6-7-17-9-13-5-3-2-4-12(13)8-15/h2-5,10H,6-9,15H2,1H3. The molecule has 0 amide bonds. The van der Waals surface area contributed by atoms with Gasteiger partial charge in [-0.2, -0.15) is 0 Å². The summed E-state index contributed by atoms with van der Waals surface area (Å²) in [6.07, 6.45) is 0.932. The number of hydrogen-bond acceptors (Lipinski definition) is 4. The molecule has 0 spiro atoms. The van der Waals surface area contributed by atoms with Gasteiger partial charge in [0.1, 0.15) is 0 Å². The predicted molar refractivity (Wildman–Crippen MR) is 74.5 cm³/mol. The summed E-state index contributed by atoms with van der Waals surface area (Å²) in [5.74, 6) is 0. The molecule has 0 atom stereocenters. The molecule has 0 aliphatic carbocycles. The van der Waals surface area contributed by atoms with Crippen molar-refractivity contribution in [2.75, 3.05) is 6.61 Å². The number of ether oxygens (including phenoxy) is 1. The van der Waals surface area contributed by atoms with Crippen LogP contribution in [0.15, 0.2) is 29.8 Å². The summed E-state index contributed by atoms with van der Waals surface area (Å²) >= 11 is 1.69. The number of nitrogens with zero attached hydrogens (tertiary/aromatic N) is 1. The van der Waals surface area contributed by atoms with Gasteiger partial charge in [0.2, 0.25) is 0 Å². The summed E-state index contributed by atoms with van der Waals surface area (Å²) in [6, 6.07) is 8.14. The minimum Gasteiger partial charge on any atom is -0.376 e. The molecule has 2 rings (SSSR count). The second-order valence-corrected chi connectivity index (χ2v) is 5.08. The van der Waals surface area contributed by atoms with Gasteiger partial charge in [0.15, 0.2) is 0 Å². The lowest BCUT2D eigenvalue weighted by atomic mass is 10.1. The Balaban J connectivity index is 1.80. The summed E-state index contributed by atoms with van der Waals surface area (Å²) in [7, 11) is 0. The molecule has 4 heteroatoms. The van der Waals surface area contributed by atoms with Crippen LogP contribution >= 0.6 is 11.3 Å². The Hall–Kier alpha value is -1.23. The van der Waals surface area contributed by atoms with Crippen LogP contribution in [0.25, 0.3) is 0 Å². The maximum Gasteiger partial charge on any atom is 0.0797 e. The van der Waals surface area contributed by atoms with Crippen molar-refractivity contribution in [3.8, 4) is 0 Å². The summed E-state index contributed by atoms with van der Waals surface area (Å²) in [5, 5.41) is 0. The van der Waals surface area contributed by atoms with E-state index in [1.165, 1.54) is 10.4 Å². The van der Waals surface area contributed by atoms with Gasteiger partial charge in [-0.15, -0.1) is 11.3 Å². The zero-order valence-corrected chi connectivity index (χ0v) is 11.4. The molecular formula is C14H18N2OS. The smallest absolute Gasteiger partial charge is 0.0797 e. The number of aromatic nitrogens is 1. The molecule has 3 nitrogen and oxygen atoms in total. The van der Waals surface area contributed by atoms with Gasteiger partial charge in [0.05, 0.1) is 24.4 Å². The van der Waals surface area contributed by atoms with Crippen LogP contribution in [-0.2, 0) is 24.3 Å². The van der Waals surface area contributed by atoms with Crippen molar-refractivity contribution >= 4 is 11.3 Å².